The van der Waals surface area contributed by atoms with E-state index in [9.17, 15) is 14.4 Å². The van der Waals surface area contributed by atoms with Crippen LogP contribution < -0.4 is 0 Å². The molecule has 0 aliphatic carbocycles. The van der Waals surface area contributed by atoms with E-state index in [-0.39, 0.29) is 10.6 Å². The quantitative estimate of drug-likeness (QED) is 0.800. The smallest absolute Gasteiger partial charge is 0.323 e. The Morgan fingerprint density at radius 1 is 1.22 bits per heavy atom. The molecule has 0 saturated carbocycles. The van der Waals surface area contributed by atoms with Gasteiger partial charge in [0, 0.05) is 12.4 Å². The fourth-order valence-electron chi connectivity index (χ4n) is 1.25. The molecule has 1 aromatic heterocycles. The van der Waals surface area contributed by atoms with Gasteiger partial charge in [-0.05, 0) is 6.07 Å². The van der Waals surface area contributed by atoms with E-state index in [4.69, 9.17) is 21.8 Å². The lowest BCUT2D eigenvalue weighted by molar-refractivity contribution is -0.140. The van der Waals surface area contributed by atoms with Crippen LogP contribution in [0.1, 0.15) is 10.4 Å². The number of aliphatic carboxylic acids is 2. The predicted octanol–water partition coefficient (Wildman–Crippen LogP) is 0.346. The highest BCUT2D eigenvalue weighted by Crippen LogP contribution is 2.15. The summed E-state index contributed by atoms with van der Waals surface area (Å²) in [4.78, 5) is 37.4. The van der Waals surface area contributed by atoms with Crippen LogP contribution in [-0.2, 0) is 9.59 Å². The van der Waals surface area contributed by atoms with Gasteiger partial charge >= 0.3 is 11.9 Å². The van der Waals surface area contributed by atoms with E-state index >= 15 is 0 Å². The van der Waals surface area contributed by atoms with E-state index in [1.807, 2.05) is 0 Å². The minimum Gasteiger partial charge on any atom is -0.480 e. The van der Waals surface area contributed by atoms with Gasteiger partial charge in [0.05, 0.1) is 10.6 Å². The van der Waals surface area contributed by atoms with Crippen molar-refractivity contribution in [1.82, 2.24) is 9.88 Å². The van der Waals surface area contributed by atoms with Gasteiger partial charge < -0.3 is 15.1 Å². The number of halogens is 1. The molecule has 0 aliphatic rings. The highest BCUT2D eigenvalue weighted by Gasteiger charge is 2.22. The van der Waals surface area contributed by atoms with Crippen LogP contribution in [0.4, 0.5) is 0 Å². The topological polar surface area (TPSA) is 108 Å². The van der Waals surface area contributed by atoms with Crippen molar-refractivity contribution in [2.24, 2.45) is 0 Å². The number of hydrogen-bond donors (Lipinski definition) is 2. The molecular weight excluding hydrogens is 264 g/mol. The third-order valence-corrected chi connectivity index (χ3v) is 2.24. The molecule has 1 aromatic rings. The molecular formula is C10H9ClN2O5. The van der Waals surface area contributed by atoms with Gasteiger partial charge in [-0.25, -0.2) is 0 Å². The van der Waals surface area contributed by atoms with Crippen LogP contribution in [0.5, 0.6) is 0 Å². The largest absolute Gasteiger partial charge is 0.480 e. The van der Waals surface area contributed by atoms with Crippen molar-refractivity contribution >= 4 is 29.4 Å². The van der Waals surface area contributed by atoms with Gasteiger partial charge in [0.1, 0.15) is 13.1 Å². The molecule has 18 heavy (non-hydrogen) atoms. The Morgan fingerprint density at radius 3 is 2.22 bits per heavy atom. The minimum atomic E-state index is -1.31. The number of carbonyl (C=O) groups excluding carboxylic acids is 1. The lowest BCUT2D eigenvalue weighted by Crippen LogP contribution is -2.39. The molecule has 0 bridgehead atoms. The third kappa shape index (κ3) is 3.70. The number of rotatable bonds is 5. The number of carbonyl (C=O) groups is 3. The SMILES string of the molecule is O=C(O)CN(CC(=O)O)C(=O)c1ccncc1Cl. The summed E-state index contributed by atoms with van der Waals surface area (Å²) < 4.78 is 0. The summed E-state index contributed by atoms with van der Waals surface area (Å²) in [6.07, 6.45) is 2.52. The Kier molecular flexibility index (Phi) is 4.61. The Morgan fingerprint density at radius 2 is 1.78 bits per heavy atom. The predicted molar refractivity (Wildman–Crippen MR) is 60.4 cm³/mol. The van der Waals surface area contributed by atoms with Crippen LogP contribution >= 0.6 is 11.6 Å². The van der Waals surface area contributed by atoms with Crippen molar-refractivity contribution in [2.75, 3.05) is 13.1 Å². The van der Waals surface area contributed by atoms with Crippen molar-refractivity contribution in [3.8, 4) is 0 Å². The third-order valence-electron chi connectivity index (χ3n) is 1.94. The first-order valence-corrected chi connectivity index (χ1v) is 5.12. The normalized spacial score (nSPS) is 9.83. The Hall–Kier alpha value is -2.15. The zero-order chi connectivity index (χ0) is 13.7. The summed E-state index contributed by atoms with van der Waals surface area (Å²) in [5, 5.41) is 17.3. The van der Waals surface area contributed by atoms with E-state index in [0.717, 1.165) is 0 Å². The van der Waals surface area contributed by atoms with E-state index < -0.39 is 30.9 Å². The summed E-state index contributed by atoms with van der Waals surface area (Å²) in [6.45, 7) is -1.44. The molecule has 0 atom stereocenters. The molecule has 0 aromatic carbocycles. The summed E-state index contributed by atoms with van der Waals surface area (Å²) in [5.41, 5.74) is 0.00849. The van der Waals surface area contributed by atoms with Crippen molar-refractivity contribution < 1.29 is 24.6 Å². The summed E-state index contributed by atoms with van der Waals surface area (Å²) >= 11 is 5.73. The monoisotopic (exact) mass is 272 g/mol. The Balaban J connectivity index is 2.98. The molecule has 0 radical (unpaired) electrons. The van der Waals surface area contributed by atoms with Crippen molar-refractivity contribution in [1.29, 1.82) is 0 Å². The maximum absolute atomic E-state index is 11.9. The van der Waals surface area contributed by atoms with Crippen LogP contribution in [0.25, 0.3) is 0 Å². The van der Waals surface area contributed by atoms with Gasteiger partial charge in [-0.1, -0.05) is 11.6 Å². The molecule has 96 valence electrons. The molecule has 1 amide bonds. The molecule has 1 heterocycles. The lowest BCUT2D eigenvalue weighted by atomic mass is 10.2. The summed E-state index contributed by atoms with van der Waals surface area (Å²) in [5.74, 6) is -3.39. The molecule has 0 spiro atoms. The first-order valence-electron chi connectivity index (χ1n) is 4.74. The van der Waals surface area contributed by atoms with Gasteiger partial charge in [0.15, 0.2) is 0 Å². The van der Waals surface area contributed by atoms with E-state index in [1.165, 1.54) is 18.5 Å². The van der Waals surface area contributed by atoms with Gasteiger partial charge in [-0.2, -0.15) is 0 Å². The number of nitrogens with zero attached hydrogens (tertiary/aromatic N) is 2. The van der Waals surface area contributed by atoms with Crippen LogP contribution in [0.3, 0.4) is 0 Å². The molecule has 0 unspecified atom stereocenters. The molecule has 7 nitrogen and oxygen atoms in total. The minimum absolute atomic E-state index is 0.00849. The average molecular weight is 273 g/mol. The highest BCUT2D eigenvalue weighted by molar-refractivity contribution is 6.33. The second-order valence-electron chi connectivity index (χ2n) is 3.30. The van der Waals surface area contributed by atoms with E-state index in [2.05, 4.69) is 4.98 Å². The molecule has 1 rings (SSSR count). The van der Waals surface area contributed by atoms with Crippen LogP contribution in [0.15, 0.2) is 18.5 Å². The van der Waals surface area contributed by atoms with Crippen molar-refractivity contribution in [3.05, 3.63) is 29.0 Å². The summed E-state index contributed by atoms with van der Waals surface area (Å²) in [6, 6.07) is 1.29. The van der Waals surface area contributed by atoms with Gasteiger partial charge in [-0.3, -0.25) is 19.4 Å². The zero-order valence-electron chi connectivity index (χ0n) is 9.04. The number of hydrogen-bond acceptors (Lipinski definition) is 4. The molecule has 0 saturated heterocycles. The summed E-state index contributed by atoms with van der Waals surface area (Å²) in [7, 11) is 0. The van der Waals surface area contributed by atoms with Gasteiger partial charge in [-0.15, -0.1) is 0 Å². The van der Waals surface area contributed by atoms with Gasteiger partial charge in [0.25, 0.3) is 5.91 Å². The number of carboxylic acid groups (broad SMARTS) is 2. The molecule has 2 N–H and O–H groups in total. The number of amides is 1. The van der Waals surface area contributed by atoms with Crippen LogP contribution in [0.2, 0.25) is 5.02 Å². The van der Waals surface area contributed by atoms with Crippen LogP contribution in [0, 0.1) is 0 Å². The fraction of sp³-hybridized carbons (Fsp3) is 0.200. The highest BCUT2D eigenvalue weighted by atomic mass is 35.5. The first-order chi connectivity index (χ1) is 8.41. The van der Waals surface area contributed by atoms with Crippen LogP contribution in [-0.4, -0.2) is 51.0 Å². The zero-order valence-corrected chi connectivity index (χ0v) is 9.79. The standard InChI is InChI=1S/C10H9ClN2O5/c11-7-3-12-2-1-6(7)10(18)13(4-8(14)15)5-9(16)17/h1-3H,4-5H2,(H,14,15)(H,16,17). The average Bonchev–Trinajstić information content (AvgIpc) is 2.26. The number of aromatic nitrogens is 1. The molecule has 0 fully saturated rings. The maximum atomic E-state index is 11.9. The Bertz CT molecular complexity index is 475. The lowest BCUT2D eigenvalue weighted by Gasteiger charge is -2.18. The first kappa shape index (κ1) is 13.9. The van der Waals surface area contributed by atoms with Crippen molar-refractivity contribution in [2.45, 2.75) is 0 Å². The van der Waals surface area contributed by atoms with Crippen molar-refractivity contribution in [3.63, 3.8) is 0 Å². The molecule has 8 heteroatoms. The number of carboxylic acids is 2. The van der Waals surface area contributed by atoms with E-state index in [1.54, 1.807) is 0 Å². The maximum Gasteiger partial charge on any atom is 0.323 e. The van der Waals surface area contributed by atoms with E-state index in [0.29, 0.717) is 4.90 Å². The second-order valence-corrected chi connectivity index (χ2v) is 3.71. The molecule has 0 aliphatic heterocycles. The van der Waals surface area contributed by atoms with Gasteiger partial charge in [0.2, 0.25) is 0 Å². The fourth-order valence-corrected chi connectivity index (χ4v) is 1.45. The second kappa shape index (κ2) is 5.97. The Labute approximate surface area is 107 Å². The number of pyridine rings is 1.